The normalized spacial score (nSPS) is 10.5. The van der Waals surface area contributed by atoms with Gasteiger partial charge in [-0.15, -0.1) is 0 Å². The number of hydrogen-bond donors (Lipinski definition) is 0. The van der Waals surface area contributed by atoms with Crippen LogP contribution in [0.15, 0.2) is 18.7 Å². The molecule has 0 saturated carbocycles. The number of fused-ring (bicyclic) bond motifs is 1. The summed E-state index contributed by atoms with van der Waals surface area (Å²) in [5.74, 6) is 0.618. The molecule has 0 atom stereocenters. The molecule has 0 bridgehead atoms. The summed E-state index contributed by atoms with van der Waals surface area (Å²) < 4.78 is 6.98. The highest BCUT2D eigenvalue weighted by atomic mass is 16.5. The van der Waals surface area contributed by atoms with E-state index in [-0.39, 0.29) is 0 Å². The minimum Gasteiger partial charge on any atom is -0.479 e. The van der Waals surface area contributed by atoms with Gasteiger partial charge >= 0.3 is 0 Å². The Hall–Kier alpha value is -1.58. The quantitative estimate of drug-likeness (QED) is 0.630. The molecule has 62 valence electrons. The minimum absolute atomic E-state index is 0.618. The molecule has 12 heavy (non-hydrogen) atoms. The second-order valence-electron chi connectivity index (χ2n) is 2.58. The summed E-state index contributed by atoms with van der Waals surface area (Å²) in [6, 6.07) is 0. The van der Waals surface area contributed by atoms with E-state index < -0.39 is 0 Å². The maximum Gasteiger partial charge on any atom is 0.239 e. The molecule has 0 radical (unpaired) electrons. The molecule has 0 unspecified atom stereocenters. The molecule has 0 saturated heterocycles. The van der Waals surface area contributed by atoms with Crippen LogP contribution in [0.5, 0.6) is 5.88 Å². The molecule has 2 heterocycles. The van der Waals surface area contributed by atoms with Crippen LogP contribution in [-0.2, 0) is 0 Å². The van der Waals surface area contributed by atoms with Crippen molar-refractivity contribution in [2.75, 3.05) is 7.11 Å². The first-order valence-electron chi connectivity index (χ1n) is 3.64. The van der Waals surface area contributed by atoms with Gasteiger partial charge in [-0.3, -0.25) is 4.40 Å². The molecule has 2 aromatic heterocycles. The highest BCUT2D eigenvalue weighted by molar-refractivity contribution is 5.54. The fourth-order valence-electron chi connectivity index (χ4n) is 1.17. The van der Waals surface area contributed by atoms with Gasteiger partial charge in [-0.1, -0.05) is 0 Å². The molecule has 4 nitrogen and oxygen atoms in total. The summed E-state index contributed by atoms with van der Waals surface area (Å²) in [6.07, 6.45) is 5.36. The van der Waals surface area contributed by atoms with Crippen molar-refractivity contribution in [3.63, 3.8) is 0 Å². The van der Waals surface area contributed by atoms with E-state index in [4.69, 9.17) is 4.74 Å². The molecule has 2 aromatic rings. The largest absolute Gasteiger partial charge is 0.479 e. The van der Waals surface area contributed by atoms with Crippen LogP contribution >= 0.6 is 0 Å². The second kappa shape index (κ2) is 2.48. The Morgan fingerprint density at radius 1 is 1.50 bits per heavy atom. The lowest BCUT2D eigenvalue weighted by Crippen LogP contribution is -1.94. The van der Waals surface area contributed by atoms with Crippen LogP contribution in [0.25, 0.3) is 5.52 Å². The number of hydrogen-bond acceptors (Lipinski definition) is 3. The predicted octanol–water partition coefficient (Wildman–Crippen LogP) is 1.05. The second-order valence-corrected chi connectivity index (χ2v) is 2.58. The molecule has 0 spiro atoms. The molecule has 0 aliphatic rings. The van der Waals surface area contributed by atoms with Gasteiger partial charge in [0.2, 0.25) is 5.88 Å². The zero-order chi connectivity index (χ0) is 8.55. The topological polar surface area (TPSA) is 39.4 Å². The zero-order valence-electron chi connectivity index (χ0n) is 6.98. The van der Waals surface area contributed by atoms with E-state index in [1.807, 2.05) is 17.5 Å². The lowest BCUT2D eigenvalue weighted by molar-refractivity contribution is 0.400. The van der Waals surface area contributed by atoms with Crippen LogP contribution in [0, 0.1) is 6.92 Å². The summed E-state index contributed by atoms with van der Waals surface area (Å²) in [5.41, 5.74) is 1.81. The summed E-state index contributed by atoms with van der Waals surface area (Å²) in [6.45, 7) is 1.92. The third-order valence-electron chi connectivity index (χ3n) is 1.68. The molecular formula is C8H9N3O. The van der Waals surface area contributed by atoms with Crippen molar-refractivity contribution in [3.05, 3.63) is 24.4 Å². The number of imidazole rings is 1. The van der Waals surface area contributed by atoms with Gasteiger partial charge in [0.25, 0.3) is 0 Å². The van der Waals surface area contributed by atoms with E-state index in [1.54, 1.807) is 19.6 Å². The van der Waals surface area contributed by atoms with Crippen LogP contribution in [0.1, 0.15) is 5.69 Å². The monoisotopic (exact) mass is 163 g/mol. The first-order chi connectivity index (χ1) is 5.81. The molecule has 0 aliphatic carbocycles. The van der Waals surface area contributed by atoms with Gasteiger partial charge in [-0.25, -0.2) is 9.97 Å². The van der Waals surface area contributed by atoms with E-state index >= 15 is 0 Å². The molecule has 0 aliphatic heterocycles. The molecule has 0 amide bonds. The maximum absolute atomic E-state index is 5.09. The Balaban J connectivity index is 2.80. The Labute approximate surface area is 69.8 Å². The van der Waals surface area contributed by atoms with E-state index in [9.17, 15) is 0 Å². The number of aryl methyl sites for hydroxylation is 1. The fourth-order valence-corrected chi connectivity index (χ4v) is 1.17. The number of ether oxygens (including phenoxy) is 1. The third kappa shape index (κ3) is 0.922. The van der Waals surface area contributed by atoms with Crippen molar-refractivity contribution in [3.8, 4) is 5.88 Å². The predicted molar refractivity (Wildman–Crippen MR) is 44.3 cm³/mol. The van der Waals surface area contributed by atoms with E-state index in [0.29, 0.717) is 5.88 Å². The van der Waals surface area contributed by atoms with Crippen LogP contribution in [-0.4, -0.2) is 21.5 Å². The Kier molecular flexibility index (Phi) is 1.46. The first-order valence-corrected chi connectivity index (χ1v) is 3.64. The van der Waals surface area contributed by atoms with Gasteiger partial charge in [0.15, 0.2) is 0 Å². The molecule has 0 fully saturated rings. The Morgan fingerprint density at radius 2 is 2.33 bits per heavy atom. The minimum atomic E-state index is 0.618. The Morgan fingerprint density at radius 3 is 3.08 bits per heavy atom. The van der Waals surface area contributed by atoms with E-state index in [2.05, 4.69) is 9.97 Å². The molecule has 4 heteroatoms. The molecule has 0 aromatic carbocycles. The summed E-state index contributed by atoms with van der Waals surface area (Å²) in [4.78, 5) is 8.20. The standard InChI is InChI=1S/C8H9N3O/c1-6-4-11-5-9-3-7(11)8(10-6)12-2/h3-5H,1-2H3. The average Bonchev–Trinajstić information content (AvgIpc) is 2.50. The Bertz CT molecular complexity index is 408. The van der Waals surface area contributed by atoms with Crippen molar-refractivity contribution < 1.29 is 4.74 Å². The van der Waals surface area contributed by atoms with Gasteiger partial charge in [-0.2, -0.15) is 0 Å². The molecular weight excluding hydrogens is 154 g/mol. The zero-order valence-corrected chi connectivity index (χ0v) is 6.98. The van der Waals surface area contributed by atoms with Crippen LogP contribution in [0.4, 0.5) is 0 Å². The maximum atomic E-state index is 5.09. The fraction of sp³-hybridized carbons (Fsp3) is 0.250. The van der Waals surface area contributed by atoms with Gasteiger partial charge < -0.3 is 4.74 Å². The van der Waals surface area contributed by atoms with Crippen LogP contribution < -0.4 is 4.74 Å². The highest BCUT2D eigenvalue weighted by Crippen LogP contribution is 2.15. The number of nitrogens with zero attached hydrogens (tertiary/aromatic N) is 3. The van der Waals surface area contributed by atoms with Gasteiger partial charge in [-0.05, 0) is 6.92 Å². The lowest BCUT2D eigenvalue weighted by atomic mass is 10.4. The van der Waals surface area contributed by atoms with Crippen molar-refractivity contribution in [2.24, 2.45) is 0 Å². The molecule has 2 rings (SSSR count). The van der Waals surface area contributed by atoms with Crippen molar-refractivity contribution in [2.45, 2.75) is 6.92 Å². The van der Waals surface area contributed by atoms with Crippen molar-refractivity contribution in [1.29, 1.82) is 0 Å². The number of rotatable bonds is 1. The van der Waals surface area contributed by atoms with E-state index in [0.717, 1.165) is 11.2 Å². The van der Waals surface area contributed by atoms with Crippen LogP contribution in [0.2, 0.25) is 0 Å². The van der Waals surface area contributed by atoms with Crippen molar-refractivity contribution >= 4 is 5.52 Å². The van der Waals surface area contributed by atoms with Crippen LogP contribution in [0.3, 0.4) is 0 Å². The highest BCUT2D eigenvalue weighted by Gasteiger charge is 2.03. The lowest BCUT2D eigenvalue weighted by Gasteiger charge is -2.02. The third-order valence-corrected chi connectivity index (χ3v) is 1.68. The van der Waals surface area contributed by atoms with Gasteiger partial charge in [0, 0.05) is 6.20 Å². The summed E-state index contributed by atoms with van der Waals surface area (Å²) >= 11 is 0. The SMILES string of the molecule is COc1nc(C)cn2cncc12. The van der Waals surface area contributed by atoms with E-state index in [1.165, 1.54) is 0 Å². The average molecular weight is 163 g/mol. The van der Waals surface area contributed by atoms with Gasteiger partial charge in [0.1, 0.15) is 5.52 Å². The first kappa shape index (κ1) is 7.09. The smallest absolute Gasteiger partial charge is 0.239 e. The van der Waals surface area contributed by atoms with Crippen molar-refractivity contribution in [1.82, 2.24) is 14.4 Å². The van der Waals surface area contributed by atoms with Gasteiger partial charge in [0.05, 0.1) is 25.3 Å². The number of methoxy groups -OCH3 is 1. The molecule has 0 N–H and O–H groups in total. The summed E-state index contributed by atoms with van der Waals surface area (Å²) in [7, 11) is 1.61. The number of aromatic nitrogens is 3. The summed E-state index contributed by atoms with van der Waals surface area (Å²) in [5, 5.41) is 0.